The standard InChI is InChI=1S/C12H20N4O/c1-7(2)5-6-14-12(17)11-9(13)10(15-16-11)8-3-4-8/h7-8H,3-6,13H2,1-2H3,(H,14,17)(H,15,16). The summed E-state index contributed by atoms with van der Waals surface area (Å²) >= 11 is 0. The molecule has 5 nitrogen and oxygen atoms in total. The number of H-pyrrole nitrogens is 1. The number of hydrogen-bond donors (Lipinski definition) is 3. The van der Waals surface area contributed by atoms with Gasteiger partial charge in [-0.3, -0.25) is 9.89 Å². The van der Waals surface area contributed by atoms with Crippen molar-refractivity contribution in [3.63, 3.8) is 0 Å². The van der Waals surface area contributed by atoms with Gasteiger partial charge in [0.25, 0.3) is 5.91 Å². The minimum atomic E-state index is -0.175. The van der Waals surface area contributed by atoms with Crippen molar-refractivity contribution in [2.75, 3.05) is 12.3 Å². The molecule has 1 amide bonds. The molecule has 0 aromatic carbocycles. The van der Waals surface area contributed by atoms with Crippen LogP contribution in [-0.2, 0) is 0 Å². The van der Waals surface area contributed by atoms with E-state index >= 15 is 0 Å². The monoisotopic (exact) mass is 236 g/mol. The van der Waals surface area contributed by atoms with Crippen LogP contribution < -0.4 is 11.1 Å². The summed E-state index contributed by atoms with van der Waals surface area (Å²) in [6, 6.07) is 0. The quantitative estimate of drug-likeness (QED) is 0.726. The molecule has 1 fully saturated rings. The summed E-state index contributed by atoms with van der Waals surface area (Å²) < 4.78 is 0. The van der Waals surface area contributed by atoms with Crippen LogP contribution in [0.15, 0.2) is 0 Å². The number of aromatic amines is 1. The molecule has 0 bridgehead atoms. The summed E-state index contributed by atoms with van der Waals surface area (Å²) in [4.78, 5) is 11.8. The van der Waals surface area contributed by atoms with E-state index in [0.29, 0.717) is 29.8 Å². The molecule has 2 rings (SSSR count). The lowest BCUT2D eigenvalue weighted by atomic mass is 10.1. The Balaban J connectivity index is 1.94. The number of aromatic nitrogens is 2. The predicted octanol–water partition coefficient (Wildman–Crippen LogP) is 1.65. The maximum Gasteiger partial charge on any atom is 0.273 e. The van der Waals surface area contributed by atoms with Gasteiger partial charge in [0, 0.05) is 12.5 Å². The van der Waals surface area contributed by atoms with Gasteiger partial charge < -0.3 is 11.1 Å². The van der Waals surface area contributed by atoms with Crippen LogP contribution in [0.2, 0.25) is 0 Å². The minimum absolute atomic E-state index is 0.175. The van der Waals surface area contributed by atoms with Gasteiger partial charge in [-0.2, -0.15) is 5.10 Å². The van der Waals surface area contributed by atoms with E-state index in [1.807, 2.05) is 0 Å². The van der Waals surface area contributed by atoms with Gasteiger partial charge in [-0.1, -0.05) is 13.8 Å². The predicted molar refractivity (Wildman–Crippen MR) is 66.8 cm³/mol. The van der Waals surface area contributed by atoms with Crippen LogP contribution in [0.4, 0.5) is 5.69 Å². The van der Waals surface area contributed by atoms with Gasteiger partial charge >= 0.3 is 0 Å². The second kappa shape index (κ2) is 4.77. The topological polar surface area (TPSA) is 83.8 Å². The Labute approximate surface area is 101 Å². The molecule has 4 N–H and O–H groups in total. The molecule has 0 spiro atoms. The summed E-state index contributed by atoms with van der Waals surface area (Å²) in [6.07, 6.45) is 3.24. The first kappa shape index (κ1) is 12.0. The van der Waals surface area contributed by atoms with Crippen molar-refractivity contribution in [1.82, 2.24) is 15.5 Å². The SMILES string of the molecule is CC(C)CCNC(=O)c1n[nH]c(C2CC2)c1N. The fourth-order valence-electron chi connectivity index (χ4n) is 1.78. The zero-order valence-electron chi connectivity index (χ0n) is 10.4. The van der Waals surface area contributed by atoms with Crippen LogP contribution in [-0.4, -0.2) is 22.6 Å². The minimum Gasteiger partial charge on any atom is -0.395 e. The highest BCUT2D eigenvalue weighted by molar-refractivity contribution is 5.97. The summed E-state index contributed by atoms with van der Waals surface area (Å²) in [5, 5.41) is 9.74. The highest BCUT2D eigenvalue weighted by atomic mass is 16.1. The zero-order valence-corrected chi connectivity index (χ0v) is 10.4. The van der Waals surface area contributed by atoms with Gasteiger partial charge in [0.2, 0.25) is 0 Å². The summed E-state index contributed by atoms with van der Waals surface area (Å²) in [5.41, 5.74) is 7.72. The largest absolute Gasteiger partial charge is 0.395 e. The number of nitrogens with zero attached hydrogens (tertiary/aromatic N) is 1. The molecule has 0 saturated heterocycles. The average Bonchev–Trinajstić information content (AvgIpc) is 3.02. The molecule has 0 atom stereocenters. The highest BCUT2D eigenvalue weighted by Crippen LogP contribution is 2.42. The Hall–Kier alpha value is -1.52. The van der Waals surface area contributed by atoms with Gasteiger partial charge in [-0.15, -0.1) is 0 Å². The molecule has 1 aliphatic carbocycles. The molecule has 17 heavy (non-hydrogen) atoms. The Morgan fingerprint density at radius 3 is 2.88 bits per heavy atom. The van der Waals surface area contributed by atoms with E-state index in [4.69, 9.17) is 5.73 Å². The van der Waals surface area contributed by atoms with Crippen molar-refractivity contribution in [1.29, 1.82) is 0 Å². The third-order valence-corrected chi connectivity index (χ3v) is 3.04. The zero-order chi connectivity index (χ0) is 12.4. The molecule has 0 radical (unpaired) electrons. The van der Waals surface area contributed by atoms with E-state index in [1.54, 1.807) is 0 Å². The Morgan fingerprint density at radius 1 is 1.59 bits per heavy atom. The lowest BCUT2D eigenvalue weighted by Crippen LogP contribution is -2.26. The van der Waals surface area contributed by atoms with Gasteiger partial charge in [-0.05, 0) is 25.2 Å². The third-order valence-electron chi connectivity index (χ3n) is 3.04. The third kappa shape index (κ3) is 2.78. The summed E-state index contributed by atoms with van der Waals surface area (Å²) in [6.45, 7) is 4.92. The molecule has 1 aromatic rings. The Bertz CT molecular complexity index is 407. The number of hydrogen-bond acceptors (Lipinski definition) is 3. The smallest absolute Gasteiger partial charge is 0.273 e. The molecule has 1 saturated carbocycles. The molecule has 1 aromatic heterocycles. The van der Waals surface area contributed by atoms with Gasteiger partial charge in [0.05, 0.1) is 11.4 Å². The molecular formula is C12H20N4O. The van der Waals surface area contributed by atoms with Crippen molar-refractivity contribution < 1.29 is 4.79 Å². The Kier molecular flexibility index (Phi) is 3.36. The van der Waals surface area contributed by atoms with E-state index in [0.717, 1.165) is 25.0 Å². The van der Waals surface area contributed by atoms with Crippen molar-refractivity contribution >= 4 is 11.6 Å². The number of nitrogens with two attached hydrogens (primary N) is 1. The number of rotatable bonds is 5. The van der Waals surface area contributed by atoms with Crippen LogP contribution >= 0.6 is 0 Å². The highest BCUT2D eigenvalue weighted by Gasteiger charge is 2.30. The summed E-state index contributed by atoms with van der Waals surface area (Å²) in [5.74, 6) is 0.889. The normalized spacial score (nSPS) is 15.2. The molecular weight excluding hydrogens is 216 g/mol. The number of amides is 1. The van der Waals surface area contributed by atoms with Crippen molar-refractivity contribution in [2.24, 2.45) is 5.92 Å². The first-order valence-corrected chi connectivity index (χ1v) is 6.21. The number of carbonyl (C=O) groups is 1. The van der Waals surface area contributed by atoms with Crippen molar-refractivity contribution in [2.45, 2.75) is 39.0 Å². The average molecular weight is 236 g/mol. The molecule has 5 heteroatoms. The number of nitrogens with one attached hydrogen (secondary N) is 2. The number of nitrogen functional groups attached to an aromatic ring is 1. The van der Waals surface area contributed by atoms with E-state index in [1.165, 1.54) is 0 Å². The second-order valence-electron chi connectivity index (χ2n) is 5.11. The molecule has 1 aliphatic rings. The molecule has 0 aliphatic heterocycles. The molecule has 1 heterocycles. The first-order chi connectivity index (χ1) is 8.09. The number of anilines is 1. The lowest BCUT2D eigenvalue weighted by Gasteiger charge is -2.06. The first-order valence-electron chi connectivity index (χ1n) is 6.21. The van der Waals surface area contributed by atoms with Crippen LogP contribution in [0.25, 0.3) is 0 Å². The second-order valence-corrected chi connectivity index (χ2v) is 5.11. The fraction of sp³-hybridized carbons (Fsp3) is 0.667. The van der Waals surface area contributed by atoms with Gasteiger partial charge in [-0.25, -0.2) is 0 Å². The van der Waals surface area contributed by atoms with Crippen LogP contribution in [0.5, 0.6) is 0 Å². The van der Waals surface area contributed by atoms with E-state index < -0.39 is 0 Å². The van der Waals surface area contributed by atoms with Crippen LogP contribution in [0, 0.1) is 5.92 Å². The van der Waals surface area contributed by atoms with Crippen LogP contribution in [0.1, 0.15) is 55.2 Å². The van der Waals surface area contributed by atoms with Crippen molar-refractivity contribution in [3.05, 3.63) is 11.4 Å². The van der Waals surface area contributed by atoms with Crippen molar-refractivity contribution in [3.8, 4) is 0 Å². The molecule has 94 valence electrons. The lowest BCUT2D eigenvalue weighted by molar-refractivity contribution is 0.0948. The van der Waals surface area contributed by atoms with E-state index in [2.05, 4.69) is 29.4 Å². The van der Waals surface area contributed by atoms with Crippen LogP contribution in [0.3, 0.4) is 0 Å². The van der Waals surface area contributed by atoms with E-state index in [-0.39, 0.29) is 5.91 Å². The van der Waals surface area contributed by atoms with E-state index in [9.17, 15) is 4.79 Å². The van der Waals surface area contributed by atoms with Gasteiger partial charge in [0.15, 0.2) is 5.69 Å². The number of carbonyl (C=O) groups excluding carboxylic acids is 1. The fourth-order valence-corrected chi connectivity index (χ4v) is 1.78. The maximum absolute atomic E-state index is 11.8. The Morgan fingerprint density at radius 2 is 2.29 bits per heavy atom. The van der Waals surface area contributed by atoms with Gasteiger partial charge in [0.1, 0.15) is 0 Å². The maximum atomic E-state index is 11.8. The summed E-state index contributed by atoms with van der Waals surface area (Å²) in [7, 11) is 0. The molecule has 0 unspecified atom stereocenters.